The molecule has 0 bridgehead atoms. The van der Waals surface area contributed by atoms with Crippen LogP contribution in [0, 0.1) is 0 Å². The van der Waals surface area contributed by atoms with Gasteiger partial charge >= 0.3 is 0 Å². The molecule has 222 valence electrons. The molecule has 0 nitrogen and oxygen atoms in total. The highest BCUT2D eigenvalue weighted by molar-refractivity contribution is 7.26. The van der Waals surface area contributed by atoms with Gasteiger partial charge in [0.25, 0.3) is 0 Å². The molecule has 9 aromatic carbocycles. The van der Waals surface area contributed by atoms with Crippen molar-refractivity contribution in [3.05, 3.63) is 158 Å². The van der Waals surface area contributed by atoms with E-state index in [1.807, 2.05) is 22.7 Å². The SMILES string of the molecule is c1ccc2cc(-c3c4ccccc4c(-c4ccc5sc6cc7cc8sc9ccccc9c8cc7cc6c5c4)c4ccccc34)ccc2c1. The van der Waals surface area contributed by atoms with Crippen LogP contribution in [-0.2, 0) is 0 Å². The van der Waals surface area contributed by atoms with Crippen LogP contribution in [0.1, 0.15) is 0 Å². The zero-order valence-corrected chi connectivity index (χ0v) is 27.5. The van der Waals surface area contributed by atoms with Gasteiger partial charge in [-0.25, -0.2) is 0 Å². The Morgan fingerprint density at radius 1 is 0.250 bits per heavy atom. The minimum absolute atomic E-state index is 1.26. The fraction of sp³-hybridized carbons (Fsp3) is 0. The van der Waals surface area contributed by atoms with Crippen LogP contribution in [0.3, 0.4) is 0 Å². The summed E-state index contributed by atoms with van der Waals surface area (Å²) in [4.78, 5) is 0. The van der Waals surface area contributed by atoms with Gasteiger partial charge in [-0.05, 0) is 114 Å². The maximum atomic E-state index is 2.45. The lowest BCUT2D eigenvalue weighted by atomic mass is 9.85. The minimum Gasteiger partial charge on any atom is -0.135 e. The molecule has 0 aliphatic carbocycles. The summed E-state index contributed by atoms with van der Waals surface area (Å²) in [5.41, 5.74) is 5.13. The first-order valence-corrected chi connectivity index (χ1v) is 18.0. The monoisotopic (exact) mass is 642 g/mol. The maximum Gasteiger partial charge on any atom is 0.0361 e. The Kier molecular flexibility index (Phi) is 5.51. The second-order valence-electron chi connectivity index (χ2n) is 12.9. The van der Waals surface area contributed by atoms with Gasteiger partial charge < -0.3 is 0 Å². The second kappa shape index (κ2) is 9.98. The first-order chi connectivity index (χ1) is 23.8. The summed E-state index contributed by atoms with van der Waals surface area (Å²) in [6, 6.07) is 59.0. The smallest absolute Gasteiger partial charge is 0.0361 e. The van der Waals surface area contributed by atoms with Crippen molar-refractivity contribution in [1.82, 2.24) is 0 Å². The molecule has 48 heavy (non-hydrogen) atoms. The van der Waals surface area contributed by atoms with Crippen LogP contribution in [-0.4, -0.2) is 0 Å². The fourth-order valence-corrected chi connectivity index (χ4v) is 10.2. The highest BCUT2D eigenvalue weighted by Gasteiger charge is 2.18. The molecule has 0 aliphatic heterocycles. The molecule has 0 amide bonds. The van der Waals surface area contributed by atoms with E-state index in [1.54, 1.807) is 0 Å². The van der Waals surface area contributed by atoms with E-state index in [0.29, 0.717) is 0 Å². The largest absolute Gasteiger partial charge is 0.135 e. The van der Waals surface area contributed by atoms with Gasteiger partial charge in [-0.1, -0.05) is 109 Å². The van der Waals surface area contributed by atoms with Crippen LogP contribution < -0.4 is 0 Å². The Morgan fingerprint density at radius 2 is 0.708 bits per heavy atom. The van der Waals surface area contributed by atoms with E-state index in [9.17, 15) is 0 Å². The summed E-state index contributed by atoms with van der Waals surface area (Å²) in [6.45, 7) is 0. The molecule has 0 N–H and O–H groups in total. The summed E-state index contributed by atoms with van der Waals surface area (Å²) in [5.74, 6) is 0. The van der Waals surface area contributed by atoms with Crippen molar-refractivity contribution >= 4 is 106 Å². The molecule has 11 rings (SSSR count). The molecule has 0 atom stereocenters. The van der Waals surface area contributed by atoms with Gasteiger partial charge in [0.15, 0.2) is 0 Å². The van der Waals surface area contributed by atoms with Crippen LogP contribution in [0.15, 0.2) is 158 Å². The minimum atomic E-state index is 1.26. The molecule has 0 radical (unpaired) electrons. The molecule has 2 aromatic heterocycles. The molecule has 0 spiro atoms. The van der Waals surface area contributed by atoms with Crippen molar-refractivity contribution < 1.29 is 0 Å². The van der Waals surface area contributed by atoms with Crippen LogP contribution >= 0.6 is 22.7 Å². The molecule has 0 fully saturated rings. The zero-order valence-electron chi connectivity index (χ0n) is 25.8. The summed E-state index contributed by atoms with van der Waals surface area (Å²) in [5, 5.41) is 15.7. The number of thiophene rings is 2. The third-order valence-electron chi connectivity index (χ3n) is 10.2. The number of rotatable bonds is 2. The van der Waals surface area contributed by atoms with Crippen LogP contribution in [0.4, 0.5) is 0 Å². The molecule has 0 saturated carbocycles. The van der Waals surface area contributed by atoms with E-state index >= 15 is 0 Å². The van der Waals surface area contributed by atoms with Gasteiger partial charge in [0.1, 0.15) is 0 Å². The predicted octanol–water partition coefficient (Wildman–Crippen LogP) is 14.4. The number of hydrogen-bond donors (Lipinski definition) is 0. The van der Waals surface area contributed by atoms with Crippen molar-refractivity contribution in [1.29, 1.82) is 0 Å². The van der Waals surface area contributed by atoms with Gasteiger partial charge in [-0.3, -0.25) is 0 Å². The van der Waals surface area contributed by atoms with Crippen molar-refractivity contribution in [2.75, 3.05) is 0 Å². The highest BCUT2D eigenvalue weighted by Crippen LogP contribution is 2.46. The Bertz CT molecular complexity index is 3060. The van der Waals surface area contributed by atoms with E-state index in [-0.39, 0.29) is 0 Å². The summed E-state index contributed by atoms with van der Waals surface area (Å²) in [6.07, 6.45) is 0. The van der Waals surface area contributed by atoms with Crippen LogP contribution in [0.2, 0.25) is 0 Å². The Hall–Kier alpha value is -5.54. The Balaban J connectivity index is 1.17. The standard InChI is InChI=1S/C46H26S2/c1-2-10-28-21-29(18-17-27(28)9-1)45-34-12-3-5-14-36(34)46(37-15-6-4-13-35(37)45)30-19-20-42-39(22-30)40-24-31-23-38-33-11-7-8-16-41(33)47-43(38)25-32(31)26-44(40)48-42/h1-26H. The van der Waals surface area contributed by atoms with Gasteiger partial charge in [0, 0.05) is 40.3 Å². The summed E-state index contributed by atoms with van der Waals surface area (Å²) in [7, 11) is 0. The molecule has 0 aliphatic rings. The van der Waals surface area contributed by atoms with Gasteiger partial charge in [0.2, 0.25) is 0 Å². The predicted molar refractivity (Wildman–Crippen MR) is 213 cm³/mol. The molecule has 11 aromatic rings. The van der Waals surface area contributed by atoms with E-state index in [4.69, 9.17) is 0 Å². The van der Waals surface area contributed by atoms with E-state index < -0.39 is 0 Å². The van der Waals surface area contributed by atoms with Gasteiger partial charge in [0.05, 0.1) is 0 Å². The summed E-state index contributed by atoms with van der Waals surface area (Å²) >= 11 is 3.79. The quantitative estimate of drug-likeness (QED) is 0.165. The van der Waals surface area contributed by atoms with Crippen molar-refractivity contribution in [3.63, 3.8) is 0 Å². The number of hydrogen-bond acceptors (Lipinski definition) is 2. The third-order valence-corrected chi connectivity index (χ3v) is 12.4. The van der Waals surface area contributed by atoms with Gasteiger partial charge in [-0.15, -0.1) is 22.7 Å². The number of benzene rings is 9. The Morgan fingerprint density at radius 3 is 1.38 bits per heavy atom. The topological polar surface area (TPSA) is 0 Å². The first-order valence-electron chi connectivity index (χ1n) is 16.4. The van der Waals surface area contributed by atoms with Crippen LogP contribution in [0.5, 0.6) is 0 Å². The second-order valence-corrected chi connectivity index (χ2v) is 15.0. The average molecular weight is 643 g/mol. The van der Waals surface area contributed by atoms with Gasteiger partial charge in [-0.2, -0.15) is 0 Å². The fourth-order valence-electron chi connectivity index (χ4n) is 7.99. The highest BCUT2D eigenvalue weighted by atomic mass is 32.1. The molecular weight excluding hydrogens is 617 g/mol. The number of fused-ring (bicyclic) bond motifs is 10. The first kappa shape index (κ1) is 26.5. The lowest BCUT2D eigenvalue weighted by Crippen LogP contribution is -1.91. The summed E-state index contributed by atoms with van der Waals surface area (Å²) < 4.78 is 5.39. The van der Waals surface area contributed by atoms with E-state index in [2.05, 4.69) is 158 Å². The molecule has 2 heterocycles. The lowest BCUT2D eigenvalue weighted by molar-refractivity contribution is 1.69. The molecule has 0 unspecified atom stereocenters. The third kappa shape index (κ3) is 3.82. The van der Waals surface area contributed by atoms with Crippen molar-refractivity contribution in [2.24, 2.45) is 0 Å². The lowest BCUT2D eigenvalue weighted by Gasteiger charge is -2.18. The van der Waals surface area contributed by atoms with E-state index in [0.717, 1.165) is 0 Å². The van der Waals surface area contributed by atoms with Crippen molar-refractivity contribution in [2.45, 2.75) is 0 Å². The molecule has 2 heteroatoms. The molecular formula is C46H26S2. The average Bonchev–Trinajstić information content (AvgIpc) is 3.68. The maximum absolute atomic E-state index is 2.45. The Labute approximate surface area is 284 Å². The van der Waals surface area contributed by atoms with Crippen LogP contribution in [0.25, 0.3) is 106 Å². The van der Waals surface area contributed by atoms with Crippen molar-refractivity contribution in [3.8, 4) is 22.3 Å². The molecule has 0 saturated heterocycles. The normalized spacial score (nSPS) is 12.2. The zero-order chi connectivity index (χ0) is 31.3. The van der Waals surface area contributed by atoms with E-state index in [1.165, 1.54) is 106 Å².